The summed E-state index contributed by atoms with van der Waals surface area (Å²) in [6, 6.07) is 1.29. The van der Waals surface area contributed by atoms with Gasteiger partial charge in [0.1, 0.15) is 0 Å². The number of halogens is 1. The molecule has 1 rings (SSSR count). The van der Waals surface area contributed by atoms with Crippen molar-refractivity contribution in [3.05, 3.63) is 44.9 Å². The van der Waals surface area contributed by atoms with Gasteiger partial charge in [0.2, 0.25) is 0 Å². The summed E-state index contributed by atoms with van der Waals surface area (Å²) >= 11 is 5.63. The maximum atomic E-state index is 11.6. The first-order valence-corrected chi connectivity index (χ1v) is 5.00. The summed E-state index contributed by atoms with van der Waals surface area (Å²) in [4.78, 5) is 22.7. The van der Waals surface area contributed by atoms with E-state index in [1.54, 1.807) is 13.8 Å². The number of rotatable bonds is 3. The van der Waals surface area contributed by atoms with Crippen LogP contribution in [0.1, 0.15) is 21.6 Å². The summed E-state index contributed by atoms with van der Waals surface area (Å²) in [5.41, 5.74) is 0.699. The fourth-order valence-electron chi connectivity index (χ4n) is 1.61. The van der Waals surface area contributed by atoms with Crippen LogP contribution >= 0.6 is 11.6 Å². The molecule has 0 aliphatic rings. The lowest BCUT2D eigenvalue weighted by Crippen LogP contribution is -2.25. The molecule has 86 valence electrons. The third-order valence-electron chi connectivity index (χ3n) is 2.31. The number of carboxylic acids is 1. The Hall–Kier alpha value is -1.55. The van der Waals surface area contributed by atoms with Gasteiger partial charge >= 0.3 is 5.97 Å². The molecule has 1 N–H and O–H groups in total. The number of aromatic carboxylic acids is 1. The highest BCUT2D eigenvalue weighted by Crippen LogP contribution is 2.12. The second-order valence-electron chi connectivity index (χ2n) is 3.53. The monoisotopic (exact) mass is 241 g/mol. The average molecular weight is 242 g/mol. The third kappa shape index (κ3) is 2.33. The molecule has 0 fully saturated rings. The second-order valence-corrected chi connectivity index (χ2v) is 4.07. The van der Waals surface area contributed by atoms with E-state index < -0.39 is 5.97 Å². The standard InChI is InChI=1S/C11H12ClNO3/c1-6-4-9(14)13(5-7(2)12)8(3)10(6)11(15)16/h4H,2,5H2,1,3H3,(H,15,16). The molecule has 0 saturated carbocycles. The quantitative estimate of drug-likeness (QED) is 0.880. The Labute approximate surface area is 97.8 Å². The normalized spacial score (nSPS) is 10.2. The number of hydrogen-bond acceptors (Lipinski definition) is 2. The molecule has 0 atom stereocenters. The fourth-order valence-corrected chi connectivity index (χ4v) is 1.73. The highest BCUT2D eigenvalue weighted by atomic mass is 35.5. The number of carboxylic acid groups (broad SMARTS) is 1. The van der Waals surface area contributed by atoms with Gasteiger partial charge < -0.3 is 9.67 Å². The Balaban J connectivity index is 3.51. The molecule has 0 bridgehead atoms. The number of aromatic nitrogens is 1. The molecule has 0 saturated heterocycles. The molecule has 0 spiro atoms. The van der Waals surface area contributed by atoms with Gasteiger partial charge in [-0.1, -0.05) is 18.2 Å². The van der Waals surface area contributed by atoms with Crippen molar-refractivity contribution in [2.45, 2.75) is 20.4 Å². The highest BCUT2D eigenvalue weighted by Gasteiger charge is 2.15. The van der Waals surface area contributed by atoms with Crippen molar-refractivity contribution < 1.29 is 9.90 Å². The maximum Gasteiger partial charge on any atom is 0.337 e. The van der Waals surface area contributed by atoms with Crippen LogP contribution in [-0.2, 0) is 6.54 Å². The summed E-state index contributed by atoms with van der Waals surface area (Å²) in [5, 5.41) is 9.31. The first-order chi connectivity index (χ1) is 7.34. The summed E-state index contributed by atoms with van der Waals surface area (Å²) in [6.45, 7) is 6.78. The molecule has 5 heteroatoms. The molecule has 1 heterocycles. The smallest absolute Gasteiger partial charge is 0.337 e. The van der Waals surface area contributed by atoms with Crippen molar-refractivity contribution in [1.82, 2.24) is 4.57 Å². The lowest BCUT2D eigenvalue weighted by atomic mass is 10.1. The van der Waals surface area contributed by atoms with Gasteiger partial charge in [-0.05, 0) is 19.4 Å². The Morgan fingerprint density at radius 2 is 2.12 bits per heavy atom. The van der Waals surface area contributed by atoms with E-state index in [4.69, 9.17) is 16.7 Å². The van der Waals surface area contributed by atoms with Gasteiger partial charge in [-0.25, -0.2) is 4.79 Å². The first kappa shape index (κ1) is 12.5. The van der Waals surface area contributed by atoms with Crippen molar-refractivity contribution >= 4 is 17.6 Å². The topological polar surface area (TPSA) is 59.3 Å². The van der Waals surface area contributed by atoms with Crippen LogP contribution in [-0.4, -0.2) is 15.6 Å². The number of allylic oxidation sites excluding steroid dienone is 1. The van der Waals surface area contributed by atoms with Crippen LogP contribution in [0.3, 0.4) is 0 Å². The minimum atomic E-state index is -1.05. The third-order valence-corrected chi connectivity index (χ3v) is 2.43. The van der Waals surface area contributed by atoms with Crippen LogP contribution in [0.15, 0.2) is 22.5 Å². The van der Waals surface area contributed by atoms with Gasteiger partial charge in [0.05, 0.1) is 12.1 Å². The molecule has 0 aliphatic heterocycles. The van der Waals surface area contributed by atoms with Crippen molar-refractivity contribution in [2.75, 3.05) is 0 Å². The molecule has 1 aromatic rings. The summed E-state index contributed by atoms with van der Waals surface area (Å²) < 4.78 is 1.30. The average Bonchev–Trinajstić information content (AvgIpc) is 2.10. The molecule has 16 heavy (non-hydrogen) atoms. The van der Waals surface area contributed by atoms with E-state index >= 15 is 0 Å². The van der Waals surface area contributed by atoms with Crippen LogP contribution in [0, 0.1) is 13.8 Å². The molecule has 0 aliphatic carbocycles. The van der Waals surface area contributed by atoms with Crippen molar-refractivity contribution in [1.29, 1.82) is 0 Å². The minimum Gasteiger partial charge on any atom is -0.478 e. The number of pyridine rings is 1. The molecule has 1 aromatic heterocycles. The predicted molar refractivity (Wildman–Crippen MR) is 62.1 cm³/mol. The Bertz CT molecular complexity index is 517. The van der Waals surface area contributed by atoms with Crippen LogP contribution in [0.2, 0.25) is 0 Å². The highest BCUT2D eigenvalue weighted by molar-refractivity contribution is 6.29. The van der Waals surface area contributed by atoms with Gasteiger partial charge in [0, 0.05) is 16.8 Å². The zero-order chi connectivity index (χ0) is 12.5. The first-order valence-electron chi connectivity index (χ1n) is 4.62. The second kappa shape index (κ2) is 4.53. The predicted octanol–water partition coefficient (Wildman–Crippen LogP) is 1.92. The van der Waals surface area contributed by atoms with E-state index in [9.17, 15) is 9.59 Å². The van der Waals surface area contributed by atoms with Gasteiger partial charge in [-0.15, -0.1) is 0 Å². The molecular formula is C11H12ClNO3. The largest absolute Gasteiger partial charge is 0.478 e. The number of nitrogens with zero attached hydrogens (tertiary/aromatic N) is 1. The minimum absolute atomic E-state index is 0.118. The molecule has 0 unspecified atom stereocenters. The van der Waals surface area contributed by atoms with Crippen molar-refractivity contribution in [3.8, 4) is 0 Å². The van der Waals surface area contributed by atoms with E-state index in [1.165, 1.54) is 10.6 Å². The van der Waals surface area contributed by atoms with Crippen LogP contribution < -0.4 is 5.56 Å². The number of hydrogen-bond donors (Lipinski definition) is 1. The molecule has 0 amide bonds. The van der Waals surface area contributed by atoms with Crippen molar-refractivity contribution in [3.63, 3.8) is 0 Å². The van der Waals surface area contributed by atoms with E-state index in [-0.39, 0.29) is 22.7 Å². The van der Waals surface area contributed by atoms with E-state index in [2.05, 4.69) is 6.58 Å². The zero-order valence-electron chi connectivity index (χ0n) is 9.08. The Kier molecular flexibility index (Phi) is 3.55. The Morgan fingerprint density at radius 3 is 2.56 bits per heavy atom. The van der Waals surface area contributed by atoms with Gasteiger partial charge in [0.25, 0.3) is 5.56 Å². The van der Waals surface area contributed by atoms with Crippen molar-refractivity contribution in [2.24, 2.45) is 0 Å². The molecular weight excluding hydrogens is 230 g/mol. The lowest BCUT2D eigenvalue weighted by molar-refractivity contribution is 0.0694. The van der Waals surface area contributed by atoms with Gasteiger partial charge in [-0.3, -0.25) is 4.79 Å². The summed E-state index contributed by atoms with van der Waals surface area (Å²) in [7, 11) is 0. The summed E-state index contributed by atoms with van der Waals surface area (Å²) in [5.74, 6) is -1.05. The van der Waals surface area contributed by atoms with Crippen LogP contribution in [0.25, 0.3) is 0 Å². The molecule has 0 radical (unpaired) electrons. The summed E-state index contributed by atoms with van der Waals surface area (Å²) in [6.07, 6.45) is 0. The van der Waals surface area contributed by atoms with E-state index in [0.717, 1.165) is 0 Å². The van der Waals surface area contributed by atoms with E-state index in [0.29, 0.717) is 11.3 Å². The van der Waals surface area contributed by atoms with Gasteiger partial charge in [0.15, 0.2) is 0 Å². The fraction of sp³-hybridized carbons (Fsp3) is 0.273. The number of aryl methyl sites for hydroxylation is 1. The molecule has 0 aromatic carbocycles. The van der Waals surface area contributed by atoms with Crippen LogP contribution in [0.4, 0.5) is 0 Å². The van der Waals surface area contributed by atoms with E-state index in [1.807, 2.05) is 0 Å². The lowest BCUT2D eigenvalue weighted by Gasteiger charge is -2.13. The zero-order valence-corrected chi connectivity index (χ0v) is 9.84. The van der Waals surface area contributed by atoms with Gasteiger partial charge in [-0.2, -0.15) is 0 Å². The number of carbonyl (C=O) groups is 1. The van der Waals surface area contributed by atoms with Crippen LogP contribution in [0.5, 0.6) is 0 Å². The molecule has 4 nitrogen and oxygen atoms in total. The Morgan fingerprint density at radius 1 is 1.56 bits per heavy atom. The maximum absolute atomic E-state index is 11.6. The SMILES string of the molecule is C=C(Cl)Cn1c(C)c(C(=O)O)c(C)cc1=O.